The topological polar surface area (TPSA) is 58.6 Å². The number of carbonyl (C=O) groups excluding carboxylic acids is 2. The van der Waals surface area contributed by atoms with E-state index in [0.29, 0.717) is 27.4 Å². The first-order chi connectivity index (χ1) is 16.2. The van der Waals surface area contributed by atoms with Gasteiger partial charge in [-0.25, -0.2) is 9.29 Å². The lowest BCUT2D eigenvalue weighted by Gasteiger charge is -2.29. The lowest BCUT2D eigenvalue weighted by atomic mass is 10.1. The number of rotatable bonds is 5. The molecule has 9 heteroatoms. The van der Waals surface area contributed by atoms with Gasteiger partial charge in [0.05, 0.1) is 15.2 Å². The number of carbonyl (C=O) groups is 2. The summed E-state index contributed by atoms with van der Waals surface area (Å²) in [5, 5.41) is 2.52. The molecular formula is C25H17BrClFN2O3S. The molecule has 4 rings (SSSR count). The summed E-state index contributed by atoms with van der Waals surface area (Å²) in [7, 11) is 0. The number of benzene rings is 3. The maximum atomic E-state index is 14.3. The van der Waals surface area contributed by atoms with E-state index in [4.69, 9.17) is 28.6 Å². The number of aryl methyl sites for hydroxylation is 1. The highest BCUT2D eigenvalue weighted by molar-refractivity contribution is 9.10. The van der Waals surface area contributed by atoms with Crippen LogP contribution in [0.15, 0.2) is 70.7 Å². The zero-order valence-corrected chi connectivity index (χ0v) is 20.9. The highest BCUT2D eigenvalue weighted by atomic mass is 79.9. The van der Waals surface area contributed by atoms with Crippen LogP contribution in [0.4, 0.5) is 10.1 Å². The second-order valence-corrected chi connectivity index (χ2v) is 9.15. The van der Waals surface area contributed by atoms with Crippen molar-refractivity contribution in [2.45, 2.75) is 13.5 Å². The van der Waals surface area contributed by atoms with Gasteiger partial charge in [-0.05, 0) is 76.5 Å². The fourth-order valence-corrected chi connectivity index (χ4v) is 4.58. The van der Waals surface area contributed by atoms with E-state index in [1.807, 2.05) is 31.2 Å². The summed E-state index contributed by atoms with van der Waals surface area (Å²) in [5.74, 6) is -1.65. The van der Waals surface area contributed by atoms with E-state index in [0.717, 1.165) is 16.0 Å². The van der Waals surface area contributed by atoms with Gasteiger partial charge in [0.2, 0.25) is 0 Å². The molecule has 1 fully saturated rings. The van der Waals surface area contributed by atoms with Crippen molar-refractivity contribution in [1.29, 1.82) is 0 Å². The van der Waals surface area contributed by atoms with Crippen molar-refractivity contribution >= 4 is 68.4 Å². The van der Waals surface area contributed by atoms with E-state index in [1.165, 1.54) is 24.3 Å². The van der Waals surface area contributed by atoms with Crippen LogP contribution in [0.1, 0.15) is 16.7 Å². The maximum Gasteiger partial charge on any atom is 0.270 e. The summed E-state index contributed by atoms with van der Waals surface area (Å²) in [6.45, 7) is 2.32. The van der Waals surface area contributed by atoms with Gasteiger partial charge in [0.25, 0.3) is 11.8 Å². The van der Waals surface area contributed by atoms with Crippen LogP contribution in [0.5, 0.6) is 5.75 Å². The summed E-state index contributed by atoms with van der Waals surface area (Å²) in [6.07, 6.45) is 1.37. The third kappa shape index (κ3) is 5.04. The number of anilines is 1. The van der Waals surface area contributed by atoms with Gasteiger partial charge in [-0.1, -0.05) is 53.6 Å². The molecule has 0 unspecified atom stereocenters. The molecule has 2 amide bonds. The third-order valence-corrected chi connectivity index (χ3v) is 6.18. The van der Waals surface area contributed by atoms with Crippen LogP contribution in [0.2, 0.25) is 5.02 Å². The van der Waals surface area contributed by atoms with Crippen molar-refractivity contribution in [3.05, 3.63) is 98.2 Å². The van der Waals surface area contributed by atoms with Crippen molar-refractivity contribution in [2.75, 3.05) is 4.90 Å². The number of nitrogens with zero attached hydrogens (tertiary/aromatic N) is 1. The Hall–Kier alpha value is -3.07. The average Bonchev–Trinajstić information content (AvgIpc) is 2.78. The smallest absolute Gasteiger partial charge is 0.270 e. The molecule has 1 aliphatic heterocycles. The molecule has 0 atom stereocenters. The largest absolute Gasteiger partial charge is 0.486 e. The number of ether oxygens (including phenoxy) is 1. The van der Waals surface area contributed by atoms with Crippen LogP contribution in [0.3, 0.4) is 0 Å². The molecule has 0 bridgehead atoms. The fraction of sp³-hybridized carbons (Fsp3) is 0.0800. The fourth-order valence-electron chi connectivity index (χ4n) is 3.32. The van der Waals surface area contributed by atoms with E-state index in [9.17, 15) is 14.0 Å². The van der Waals surface area contributed by atoms with E-state index in [2.05, 4.69) is 21.2 Å². The molecule has 5 nitrogen and oxygen atoms in total. The number of nitrogens with one attached hydrogen (secondary N) is 1. The van der Waals surface area contributed by atoms with Gasteiger partial charge in [-0.2, -0.15) is 0 Å². The third-order valence-electron chi connectivity index (χ3n) is 5.03. The molecular weight excluding hydrogens is 543 g/mol. The Kier molecular flexibility index (Phi) is 7.11. The first-order valence-corrected chi connectivity index (χ1v) is 11.7. The van der Waals surface area contributed by atoms with Gasteiger partial charge in [0.1, 0.15) is 18.0 Å². The molecule has 1 saturated heterocycles. The molecule has 0 aromatic heterocycles. The van der Waals surface area contributed by atoms with Gasteiger partial charge in [-0.15, -0.1) is 0 Å². The standard InChI is InChI=1S/C25H17BrClFN2O3S/c1-14-6-8-15(9-7-14)13-33-22-18(26)11-16(12-19(22)27)10-17-23(31)29-25(34)30(24(17)32)21-5-3-2-4-20(21)28/h2-12H,13H2,1H3,(H,29,31,34)/b17-10+. The SMILES string of the molecule is Cc1ccc(COc2c(Cl)cc(/C=C3\C(=O)NC(=S)N(c4ccccc4F)C3=O)cc2Br)cc1. The predicted octanol–water partition coefficient (Wildman–Crippen LogP) is 5.96. The molecule has 0 radical (unpaired) electrons. The Bertz CT molecular complexity index is 1320. The molecule has 0 spiro atoms. The molecule has 3 aromatic carbocycles. The molecule has 0 saturated carbocycles. The highest BCUT2D eigenvalue weighted by Crippen LogP contribution is 2.36. The number of hydrogen-bond acceptors (Lipinski definition) is 4. The number of thiocarbonyl (C=S) groups is 1. The molecule has 172 valence electrons. The van der Waals surface area contributed by atoms with Crippen LogP contribution in [-0.4, -0.2) is 16.9 Å². The van der Waals surface area contributed by atoms with Crippen molar-refractivity contribution in [3.63, 3.8) is 0 Å². The van der Waals surface area contributed by atoms with E-state index < -0.39 is 17.6 Å². The first kappa shape index (κ1) is 24.1. The Balaban J connectivity index is 1.61. The molecule has 0 aliphatic carbocycles. The van der Waals surface area contributed by atoms with Gasteiger partial charge in [-0.3, -0.25) is 14.9 Å². The van der Waals surface area contributed by atoms with Crippen LogP contribution in [-0.2, 0) is 16.2 Å². The Morgan fingerprint density at radius 1 is 1.15 bits per heavy atom. The lowest BCUT2D eigenvalue weighted by molar-refractivity contribution is -0.122. The van der Waals surface area contributed by atoms with E-state index >= 15 is 0 Å². The first-order valence-electron chi connectivity index (χ1n) is 10.1. The summed E-state index contributed by atoms with van der Waals surface area (Å²) >= 11 is 15.0. The quantitative estimate of drug-likeness (QED) is 0.238. The Morgan fingerprint density at radius 3 is 2.53 bits per heavy atom. The minimum Gasteiger partial charge on any atom is -0.486 e. The Labute approximate surface area is 214 Å². The Morgan fingerprint density at radius 2 is 1.85 bits per heavy atom. The van der Waals surface area contributed by atoms with Gasteiger partial charge in [0, 0.05) is 0 Å². The van der Waals surface area contributed by atoms with Gasteiger partial charge < -0.3 is 4.74 Å². The maximum absolute atomic E-state index is 14.3. The van der Waals surface area contributed by atoms with Crippen molar-refractivity contribution in [1.82, 2.24) is 5.32 Å². The number of hydrogen-bond donors (Lipinski definition) is 1. The molecule has 1 heterocycles. The van der Waals surface area contributed by atoms with Crippen LogP contribution in [0, 0.1) is 12.7 Å². The molecule has 3 aromatic rings. The second kappa shape index (κ2) is 10.0. The summed E-state index contributed by atoms with van der Waals surface area (Å²) in [6, 6.07) is 16.8. The number of para-hydroxylation sites is 1. The average molecular weight is 560 g/mol. The van der Waals surface area contributed by atoms with Gasteiger partial charge in [0.15, 0.2) is 10.9 Å². The second-order valence-electron chi connectivity index (χ2n) is 7.50. The summed E-state index contributed by atoms with van der Waals surface area (Å²) < 4.78 is 20.7. The number of halogens is 3. The molecule has 34 heavy (non-hydrogen) atoms. The van der Waals surface area contributed by atoms with Crippen LogP contribution < -0.4 is 15.0 Å². The van der Waals surface area contributed by atoms with Crippen LogP contribution >= 0.6 is 39.7 Å². The van der Waals surface area contributed by atoms with Crippen molar-refractivity contribution < 1.29 is 18.7 Å². The number of amides is 2. The minimum atomic E-state index is -0.745. The normalized spacial score (nSPS) is 15.0. The molecule has 1 N–H and O–H groups in total. The van der Waals surface area contributed by atoms with Crippen molar-refractivity contribution in [2.24, 2.45) is 0 Å². The van der Waals surface area contributed by atoms with Gasteiger partial charge >= 0.3 is 0 Å². The molecule has 1 aliphatic rings. The predicted molar refractivity (Wildman–Crippen MR) is 137 cm³/mol. The van der Waals surface area contributed by atoms with E-state index in [1.54, 1.807) is 18.2 Å². The minimum absolute atomic E-state index is 0.0533. The van der Waals surface area contributed by atoms with E-state index in [-0.39, 0.29) is 16.4 Å². The van der Waals surface area contributed by atoms with Crippen molar-refractivity contribution in [3.8, 4) is 5.75 Å². The summed E-state index contributed by atoms with van der Waals surface area (Å²) in [5.41, 5.74) is 2.33. The zero-order valence-electron chi connectivity index (χ0n) is 17.8. The monoisotopic (exact) mass is 558 g/mol. The lowest BCUT2D eigenvalue weighted by Crippen LogP contribution is -2.54. The van der Waals surface area contributed by atoms with Crippen LogP contribution in [0.25, 0.3) is 6.08 Å². The zero-order chi connectivity index (χ0) is 24.4. The summed E-state index contributed by atoms with van der Waals surface area (Å²) in [4.78, 5) is 26.6. The highest BCUT2D eigenvalue weighted by Gasteiger charge is 2.35.